The lowest BCUT2D eigenvalue weighted by Crippen LogP contribution is -2.38. The van der Waals surface area contributed by atoms with Gasteiger partial charge in [0, 0.05) is 6.04 Å². The van der Waals surface area contributed by atoms with E-state index in [2.05, 4.69) is 11.8 Å². The summed E-state index contributed by atoms with van der Waals surface area (Å²) in [6.07, 6.45) is 2.48. The molecule has 3 rings (SSSR count). The lowest BCUT2D eigenvalue weighted by Gasteiger charge is -2.31. The van der Waals surface area contributed by atoms with E-state index < -0.39 is 12.0 Å². The Bertz CT molecular complexity index is 777. The van der Waals surface area contributed by atoms with Crippen LogP contribution in [0.5, 0.6) is 11.5 Å². The highest BCUT2D eigenvalue weighted by atomic mass is 16.5. The summed E-state index contributed by atoms with van der Waals surface area (Å²) in [5, 5.41) is 9.55. The maximum atomic E-state index is 11.6. The van der Waals surface area contributed by atoms with Gasteiger partial charge in [-0.3, -0.25) is 9.69 Å². The summed E-state index contributed by atoms with van der Waals surface area (Å²) in [4.78, 5) is 13.7. The first-order valence-corrected chi connectivity index (χ1v) is 10.1. The van der Waals surface area contributed by atoms with E-state index in [-0.39, 0.29) is 6.04 Å². The molecule has 0 spiro atoms. The summed E-state index contributed by atoms with van der Waals surface area (Å²) in [6.45, 7) is 5.88. The Morgan fingerprint density at radius 3 is 2.61 bits per heavy atom. The summed E-state index contributed by atoms with van der Waals surface area (Å²) in [7, 11) is 0. The van der Waals surface area contributed by atoms with Gasteiger partial charge >= 0.3 is 5.97 Å². The van der Waals surface area contributed by atoms with Crippen LogP contribution in [0, 0.1) is 0 Å². The quantitative estimate of drug-likeness (QED) is 0.682. The van der Waals surface area contributed by atoms with Gasteiger partial charge in [-0.15, -0.1) is 0 Å². The molecule has 1 aliphatic heterocycles. The molecule has 1 aliphatic rings. The van der Waals surface area contributed by atoms with Crippen LogP contribution in [0.2, 0.25) is 0 Å². The largest absolute Gasteiger partial charge is 0.490 e. The second-order valence-corrected chi connectivity index (χ2v) is 7.07. The van der Waals surface area contributed by atoms with E-state index in [9.17, 15) is 9.90 Å². The summed E-state index contributed by atoms with van der Waals surface area (Å²) in [5.41, 5.74) is 2.17. The fraction of sp³-hybridized carbons (Fsp3) is 0.435. The van der Waals surface area contributed by atoms with Gasteiger partial charge in [0.05, 0.1) is 6.61 Å². The molecule has 0 bridgehead atoms. The van der Waals surface area contributed by atoms with Crippen molar-refractivity contribution in [3.8, 4) is 11.5 Å². The van der Waals surface area contributed by atoms with Crippen LogP contribution in [-0.4, -0.2) is 35.2 Å². The number of rotatable bonds is 9. The Balaban J connectivity index is 1.81. The molecule has 0 aromatic heterocycles. The highest BCUT2D eigenvalue weighted by Gasteiger charge is 2.35. The van der Waals surface area contributed by atoms with Gasteiger partial charge in [-0.1, -0.05) is 43.3 Å². The Morgan fingerprint density at radius 1 is 1.14 bits per heavy atom. The highest BCUT2D eigenvalue weighted by molar-refractivity contribution is 5.74. The molecule has 2 unspecified atom stereocenters. The predicted octanol–water partition coefficient (Wildman–Crippen LogP) is 4.66. The number of carboxylic acid groups (broad SMARTS) is 1. The molecule has 1 saturated heterocycles. The van der Waals surface area contributed by atoms with E-state index in [0.717, 1.165) is 30.5 Å². The molecule has 150 valence electrons. The van der Waals surface area contributed by atoms with Crippen molar-refractivity contribution in [2.45, 2.75) is 51.8 Å². The summed E-state index contributed by atoms with van der Waals surface area (Å²) >= 11 is 0. The molecule has 2 aromatic carbocycles. The summed E-state index contributed by atoms with van der Waals surface area (Å²) in [5.74, 6) is 0.685. The number of benzene rings is 2. The molecule has 0 amide bonds. The predicted molar refractivity (Wildman–Crippen MR) is 109 cm³/mol. The van der Waals surface area contributed by atoms with E-state index in [4.69, 9.17) is 9.47 Å². The van der Waals surface area contributed by atoms with Crippen LogP contribution < -0.4 is 9.47 Å². The second kappa shape index (κ2) is 9.60. The van der Waals surface area contributed by atoms with Crippen molar-refractivity contribution in [2.24, 2.45) is 0 Å². The molecule has 5 nitrogen and oxygen atoms in total. The van der Waals surface area contributed by atoms with Crippen LogP contribution in [0.4, 0.5) is 0 Å². The van der Waals surface area contributed by atoms with Gasteiger partial charge in [0.25, 0.3) is 0 Å². The standard InChI is InChI=1S/C23H29NO4/c1-3-19(24-14-8-11-20(24)23(25)26)18-12-13-21(22(15-18)27-4-2)28-16-17-9-6-5-7-10-17/h5-7,9-10,12-13,15,19-20H,3-4,8,11,14,16H2,1-2H3,(H,25,26). The van der Waals surface area contributed by atoms with Gasteiger partial charge in [0.15, 0.2) is 11.5 Å². The molecule has 0 aliphatic carbocycles. The smallest absolute Gasteiger partial charge is 0.320 e. The fourth-order valence-corrected chi connectivity index (χ4v) is 3.94. The van der Waals surface area contributed by atoms with E-state index >= 15 is 0 Å². The van der Waals surface area contributed by atoms with Crippen molar-refractivity contribution in [2.75, 3.05) is 13.2 Å². The number of aliphatic carboxylic acids is 1. The van der Waals surface area contributed by atoms with Gasteiger partial charge in [-0.05, 0) is 56.0 Å². The van der Waals surface area contributed by atoms with Crippen LogP contribution in [0.3, 0.4) is 0 Å². The molecule has 0 saturated carbocycles. The molecule has 28 heavy (non-hydrogen) atoms. The number of ether oxygens (including phenoxy) is 2. The van der Waals surface area contributed by atoms with Crippen LogP contribution >= 0.6 is 0 Å². The fourth-order valence-electron chi connectivity index (χ4n) is 3.94. The lowest BCUT2D eigenvalue weighted by molar-refractivity contribution is -0.143. The Morgan fingerprint density at radius 2 is 1.93 bits per heavy atom. The van der Waals surface area contributed by atoms with Gasteiger partial charge in [0.1, 0.15) is 12.6 Å². The average molecular weight is 383 g/mol. The van der Waals surface area contributed by atoms with Gasteiger partial charge in [0.2, 0.25) is 0 Å². The van der Waals surface area contributed by atoms with Gasteiger partial charge < -0.3 is 14.6 Å². The molecule has 1 N–H and O–H groups in total. The first-order valence-electron chi connectivity index (χ1n) is 10.1. The molecular weight excluding hydrogens is 354 g/mol. The normalized spacial score (nSPS) is 18.0. The topological polar surface area (TPSA) is 59.0 Å². The van der Waals surface area contributed by atoms with E-state index in [1.807, 2.05) is 55.5 Å². The number of nitrogens with zero attached hydrogens (tertiary/aromatic N) is 1. The third-order valence-electron chi connectivity index (χ3n) is 5.26. The summed E-state index contributed by atoms with van der Waals surface area (Å²) < 4.78 is 11.8. The Labute approximate surface area is 166 Å². The number of hydrogen-bond donors (Lipinski definition) is 1. The monoisotopic (exact) mass is 383 g/mol. The number of carbonyl (C=O) groups is 1. The first kappa shape index (κ1) is 20.2. The number of hydrogen-bond acceptors (Lipinski definition) is 4. The molecule has 1 heterocycles. The highest BCUT2D eigenvalue weighted by Crippen LogP contribution is 2.37. The van der Waals surface area contributed by atoms with Gasteiger partial charge in [-0.2, -0.15) is 0 Å². The molecule has 2 aromatic rings. The van der Waals surface area contributed by atoms with Crippen molar-refractivity contribution in [1.29, 1.82) is 0 Å². The second-order valence-electron chi connectivity index (χ2n) is 7.07. The zero-order valence-corrected chi connectivity index (χ0v) is 16.6. The number of carboxylic acids is 1. The minimum absolute atomic E-state index is 0.0611. The zero-order valence-electron chi connectivity index (χ0n) is 16.6. The maximum absolute atomic E-state index is 11.6. The van der Waals surface area contributed by atoms with Crippen LogP contribution in [-0.2, 0) is 11.4 Å². The minimum Gasteiger partial charge on any atom is -0.490 e. The molecule has 1 fully saturated rings. The molecule has 0 radical (unpaired) electrons. The van der Waals surface area contributed by atoms with Crippen molar-refractivity contribution in [3.63, 3.8) is 0 Å². The third-order valence-corrected chi connectivity index (χ3v) is 5.26. The average Bonchev–Trinajstić information content (AvgIpc) is 3.19. The maximum Gasteiger partial charge on any atom is 0.320 e. The van der Waals surface area contributed by atoms with Crippen molar-refractivity contribution >= 4 is 5.97 Å². The van der Waals surface area contributed by atoms with Crippen molar-refractivity contribution in [3.05, 3.63) is 59.7 Å². The van der Waals surface area contributed by atoms with Crippen LogP contribution in [0.15, 0.2) is 48.5 Å². The zero-order chi connectivity index (χ0) is 19.9. The van der Waals surface area contributed by atoms with Crippen LogP contribution in [0.1, 0.15) is 50.3 Å². The molecule has 5 heteroatoms. The lowest BCUT2D eigenvalue weighted by atomic mass is 10.0. The van der Waals surface area contributed by atoms with Crippen molar-refractivity contribution in [1.82, 2.24) is 4.90 Å². The van der Waals surface area contributed by atoms with Crippen LogP contribution in [0.25, 0.3) is 0 Å². The molecular formula is C23H29NO4. The SMILES string of the molecule is CCOc1cc(C(CC)N2CCCC2C(=O)O)ccc1OCc1ccccc1. The first-order chi connectivity index (χ1) is 13.6. The van der Waals surface area contributed by atoms with Crippen molar-refractivity contribution < 1.29 is 19.4 Å². The van der Waals surface area contributed by atoms with E-state index in [0.29, 0.717) is 31.1 Å². The minimum atomic E-state index is -0.733. The summed E-state index contributed by atoms with van der Waals surface area (Å²) in [6, 6.07) is 15.7. The van der Waals surface area contributed by atoms with Gasteiger partial charge in [-0.25, -0.2) is 0 Å². The number of likely N-dealkylation sites (tertiary alicyclic amines) is 1. The Hall–Kier alpha value is -2.53. The van der Waals surface area contributed by atoms with E-state index in [1.165, 1.54) is 0 Å². The van der Waals surface area contributed by atoms with E-state index in [1.54, 1.807) is 0 Å². The molecule has 2 atom stereocenters. The third kappa shape index (κ3) is 4.65. The Kier molecular flexibility index (Phi) is 6.93.